The van der Waals surface area contributed by atoms with Crippen molar-refractivity contribution in [2.75, 3.05) is 71.9 Å². The first-order chi connectivity index (χ1) is 9.17. The molecule has 0 amide bonds. The van der Waals surface area contributed by atoms with Gasteiger partial charge in [0.05, 0.1) is 0 Å². The summed E-state index contributed by atoms with van der Waals surface area (Å²) >= 11 is 1.94. The summed E-state index contributed by atoms with van der Waals surface area (Å²) in [6, 6.07) is 0.600. The SMILES string of the molecule is CSCCCC(CN)N1CCN(CCN(C)C)CC1. The van der Waals surface area contributed by atoms with E-state index in [9.17, 15) is 0 Å². The van der Waals surface area contributed by atoms with Gasteiger partial charge in [0.25, 0.3) is 0 Å². The average Bonchev–Trinajstić information content (AvgIpc) is 2.42. The largest absolute Gasteiger partial charge is 0.329 e. The normalized spacial score (nSPS) is 20.1. The van der Waals surface area contributed by atoms with E-state index >= 15 is 0 Å². The zero-order chi connectivity index (χ0) is 14.1. The van der Waals surface area contributed by atoms with Crippen LogP contribution in [0.5, 0.6) is 0 Å². The number of piperazine rings is 1. The van der Waals surface area contributed by atoms with E-state index in [0.717, 1.165) is 13.1 Å². The van der Waals surface area contributed by atoms with Crippen molar-refractivity contribution in [3.05, 3.63) is 0 Å². The minimum atomic E-state index is 0.600. The van der Waals surface area contributed by atoms with Gasteiger partial charge in [-0.05, 0) is 38.9 Å². The van der Waals surface area contributed by atoms with Gasteiger partial charge in [0.1, 0.15) is 0 Å². The van der Waals surface area contributed by atoms with Crippen LogP contribution in [-0.4, -0.2) is 92.7 Å². The second-order valence-electron chi connectivity index (χ2n) is 5.71. The van der Waals surface area contributed by atoms with Crippen LogP contribution in [0.2, 0.25) is 0 Å². The van der Waals surface area contributed by atoms with Crippen molar-refractivity contribution >= 4 is 11.8 Å². The zero-order valence-electron chi connectivity index (χ0n) is 13.0. The number of thioether (sulfide) groups is 1. The molecule has 0 spiro atoms. The van der Waals surface area contributed by atoms with Crippen LogP contribution < -0.4 is 5.73 Å². The first-order valence-corrected chi connectivity index (χ1v) is 8.87. The molecule has 0 saturated carbocycles. The molecular weight excluding hydrogens is 256 g/mol. The van der Waals surface area contributed by atoms with E-state index in [1.165, 1.54) is 51.3 Å². The number of nitrogens with zero attached hydrogens (tertiary/aromatic N) is 3. The first-order valence-electron chi connectivity index (χ1n) is 7.47. The standard InChI is InChI=1S/C14H32N4S/c1-16(2)6-7-17-8-10-18(11-9-17)14(13-15)5-4-12-19-3/h14H,4-13,15H2,1-3H3. The molecule has 0 aromatic carbocycles. The van der Waals surface area contributed by atoms with Crippen molar-refractivity contribution in [2.24, 2.45) is 5.73 Å². The highest BCUT2D eigenvalue weighted by atomic mass is 32.2. The van der Waals surface area contributed by atoms with Gasteiger partial charge in [-0.15, -0.1) is 0 Å². The maximum absolute atomic E-state index is 5.95. The number of likely N-dealkylation sites (N-methyl/N-ethyl adjacent to an activating group) is 1. The lowest BCUT2D eigenvalue weighted by Crippen LogP contribution is -2.53. The van der Waals surface area contributed by atoms with Gasteiger partial charge in [-0.2, -0.15) is 11.8 Å². The fraction of sp³-hybridized carbons (Fsp3) is 1.00. The molecule has 114 valence electrons. The lowest BCUT2D eigenvalue weighted by molar-refractivity contribution is 0.0906. The van der Waals surface area contributed by atoms with Crippen molar-refractivity contribution in [3.63, 3.8) is 0 Å². The van der Waals surface area contributed by atoms with E-state index < -0.39 is 0 Å². The smallest absolute Gasteiger partial charge is 0.0219 e. The van der Waals surface area contributed by atoms with Crippen molar-refractivity contribution in [1.29, 1.82) is 0 Å². The molecule has 1 rings (SSSR count). The van der Waals surface area contributed by atoms with Crippen LogP contribution in [0, 0.1) is 0 Å². The molecule has 4 nitrogen and oxygen atoms in total. The highest BCUT2D eigenvalue weighted by molar-refractivity contribution is 7.98. The summed E-state index contributed by atoms with van der Waals surface area (Å²) < 4.78 is 0. The van der Waals surface area contributed by atoms with E-state index in [1.807, 2.05) is 11.8 Å². The number of rotatable bonds is 9. The Morgan fingerprint density at radius 3 is 2.42 bits per heavy atom. The summed E-state index contributed by atoms with van der Waals surface area (Å²) in [4.78, 5) is 7.44. The molecule has 0 radical (unpaired) electrons. The summed E-state index contributed by atoms with van der Waals surface area (Å²) in [5.41, 5.74) is 5.95. The number of hydrogen-bond acceptors (Lipinski definition) is 5. The van der Waals surface area contributed by atoms with Crippen LogP contribution in [0.25, 0.3) is 0 Å². The van der Waals surface area contributed by atoms with Crippen LogP contribution in [0.4, 0.5) is 0 Å². The maximum atomic E-state index is 5.95. The summed E-state index contributed by atoms with van der Waals surface area (Å²) in [6.45, 7) is 7.95. The van der Waals surface area contributed by atoms with Gasteiger partial charge in [0, 0.05) is 51.9 Å². The second-order valence-corrected chi connectivity index (χ2v) is 6.69. The monoisotopic (exact) mass is 288 g/mol. The van der Waals surface area contributed by atoms with E-state index in [0.29, 0.717) is 6.04 Å². The zero-order valence-corrected chi connectivity index (χ0v) is 13.8. The van der Waals surface area contributed by atoms with Crippen LogP contribution in [0.1, 0.15) is 12.8 Å². The van der Waals surface area contributed by atoms with E-state index in [-0.39, 0.29) is 0 Å². The van der Waals surface area contributed by atoms with Gasteiger partial charge in [0.2, 0.25) is 0 Å². The molecule has 1 aliphatic heterocycles. The highest BCUT2D eigenvalue weighted by Crippen LogP contribution is 2.12. The van der Waals surface area contributed by atoms with Crippen molar-refractivity contribution in [2.45, 2.75) is 18.9 Å². The predicted octanol–water partition coefficient (Wildman–Crippen LogP) is 0.636. The Bertz CT molecular complexity index is 217. The van der Waals surface area contributed by atoms with Gasteiger partial charge in [-0.3, -0.25) is 9.80 Å². The summed E-state index contributed by atoms with van der Waals surface area (Å²) in [5, 5.41) is 0. The average molecular weight is 289 g/mol. The van der Waals surface area contributed by atoms with E-state index in [2.05, 4.69) is 35.1 Å². The minimum Gasteiger partial charge on any atom is -0.329 e. The van der Waals surface area contributed by atoms with Gasteiger partial charge < -0.3 is 10.6 Å². The molecule has 0 aliphatic carbocycles. The molecule has 1 aliphatic rings. The van der Waals surface area contributed by atoms with Crippen molar-refractivity contribution in [3.8, 4) is 0 Å². The molecule has 1 saturated heterocycles. The lowest BCUT2D eigenvalue weighted by Gasteiger charge is -2.39. The molecule has 5 heteroatoms. The Kier molecular flexibility index (Phi) is 9.07. The molecule has 1 unspecified atom stereocenters. The molecule has 0 aromatic rings. The van der Waals surface area contributed by atoms with Gasteiger partial charge in [-0.1, -0.05) is 0 Å². The number of hydrogen-bond donors (Lipinski definition) is 1. The Hall–Kier alpha value is 0.190. The molecule has 2 N–H and O–H groups in total. The number of nitrogens with two attached hydrogens (primary N) is 1. The quantitative estimate of drug-likeness (QED) is 0.630. The van der Waals surface area contributed by atoms with E-state index in [4.69, 9.17) is 5.73 Å². The molecule has 1 fully saturated rings. The summed E-state index contributed by atoms with van der Waals surface area (Å²) in [5.74, 6) is 1.26. The third-order valence-corrected chi connectivity index (χ3v) is 4.64. The summed E-state index contributed by atoms with van der Waals surface area (Å²) in [6.07, 6.45) is 4.74. The van der Waals surface area contributed by atoms with Gasteiger partial charge in [0.15, 0.2) is 0 Å². The van der Waals surface area contributed by atoms with E-state index in [1.54, 1.807) is 0 Å². The van der Waals surface area contributed by atoms with Crippen LogP contribution in [-0.2, 0) is 0 Å². The summed E-state index contributed by atoms with van der Waals surface area (Å²) in [7, 11) is 4.29. The van der Waals surface area contributed by atoms with Gasteiger partial charge in [-0.25, -0.2) is 0 Å². The minimum absolute atomic E-state index is 0.600. The van der Waals surface area contributed by atoms with Crippen LogP contribution in [0.15, 0.2) is 0 Å². The highest BCUT2D eigenvalue weighted by Gasteiger charge is 2.22. The molecule has 0 aromatic heterocycles. The van der Waals surface area contributed by atoms with Crippen LogP contribution in [0.3, 0.4) is 0 Å². The second kappa shape index (κ2) is 10.00. The maximum Gasteiger partial charge on any atom is 0.0219 e. The van der Waals surface area contributed by atoms with Crippen molar-refractivity contribution < 1.29 is 0 Å². The lowest BCUT2D eigenvalue weighted by atomic mass is 10.1. The van der Waals surface area contributed by atoms with Gasteiger partial charge >= 0.3 is 0 Å². The third-order valence-electron chi connectivity index (χ3n) is 3.94. The Labute approximate surface area is 123 Å². The third kappa shape index (κ3) is 6.95. The fourth-order valence-electron chi connectivity index (χ4n) is 2.61. The Morgan fingerprint density at radius 1 is 1.21 bits per heavy atom. The Morgan fingerprint density at radius 2 is 1.89 bits per heavy atom. The topological polar surface area (TPSA) is 35.7 Å². The molecule has 1 atom stereocenters. The van der Waals surface area contributed by atoms with Crippen molar-refractivity contribution in [1.82, 2.24) is 14.7 Å². The Balaban J connectivity index is 2.22. The molecular formula is C14H32N4S. The molecule has 0 bridgehead atoms. The first kappa shape index (κ1) is 17.2. The van der Waals surface area contributed by atoms with Crippen LogP contribution >= 0.6 is 11.8 Å². The predicted molar refractivity (Wildman–Crippen MR) is 87.0 cm³/mol. The molecule has 19 heavy (non-hydrogen) atoms. The molecule has 1 heterocycles. The fourth-order valence-corrected chi connectivity index (χ4v) is 3.06.